The van der Waals surface area contributed by atoms with E-state index in [1.807, 2.05) is 170 Å². The monoisotopic (exact) mass is 1160 g/mol. The summed E-state index contributed by atoms with van der Waals surface area (Å²) in [6, 6.07) is 99.5. The molecule has 0 bridgehead atoms. The summed E-state index contributed by atoms with van der Waals surface area (Å²) in [5.41, 5.74) is 15.8. The van der Waals surface area contributed by atoms with Crippen LogP contribution in [0, 0.1) is 10.1 Å². The Morgan fingerprint density at radius 2 is 0.667 bits per heavy atom. The van der Waals surface area contributed by atoms with Crippen molar-refractivity contribution in [2.75, 3.05) is 0 Å². The number of nitro groups is 1. The zero-order valence-corrected chi connectivity index (χ0v) is 48.1. The highest BCUT2D eigenvalue weighted by molar-refractivity contribution is 6.25. The fourth-order valence-corrected chi connectivity index (χ4v) is 12.3. The van der Waals surface area contributed by atoms with E-state index in [9.17, 15) is 10.1 Å². The number of aromatic nitrogens is 9. The molecule has 0 saturated heterocycles. The van der Waals surface area contributed by atoms with Crippen molar-refractivity contribution in [1.29, 1.82) is 0 Å². The highest BCUT2D eigenvalue weighted by atomic mass is 16.6. The number of para-hydroxylation sites is 4. The van der Waals surface area contributed by atoms with Crippen LogP contribution in [0.3, 0.4) is 0 Å². The standard InChI is InChI=1S/C39H25N5O2.C39H25N5/c45-44(46)36-18-10-7-15-31(36)29-21-24-35-33(25-29)32-16-8-9-17-34(32)43(35)30-22-19-28(20-23-30)39-41-37(26-11-3-1-4-12-26)40-38(42-39)27-13-5-2-6-14-27;1-3-11-25(12-4-1)37-41-38(26-13-5-2-6-14-26)43-39(42-37)27-19-21-28(22-20-27)44-33-18-10-8-16-31(33)35-34(44)24-23-30-29-15-7-9-17-32(29)40-36(30)35/h1-25H;1-24,40H. The van der Waals surface area contributed by atoms with Gasteiger partial charge in [-0.05, 0) is 96.6 Å². The van der Waals surface area contributed by atoms with E-state index >= 15 is 0 Å². The van der Waals surface area contributed by atoms with E-state index in [1.165, 1.54) is 32.6 Å². The first kappa shape index (κ1) is 53.0. The number of nitro benzene ring substituents is 1. The Bertz CT molecular complexity index is 5440. The Morgan fingerprint density at radius 1 is 0.300 bits per heavy atom. The van der Waals surface area contributed by atoms with Crippen LogP contribution in [-0.4, -0.2) is 48.9 Å². The molecule has 0 fully saturated rings. The Morgan fingerprint density at radius 3 is 1.17 bits per heavy atom. The normalized spacial score (nSPS) is 11.4. The fraction of sp³-hybridized carbons (Fsp3) is 0. The van der Waals surface area contributed by atoms with Crippen molar-refractivity contribution in [3.63, 3.8) is 0 Å². The molecular weight excluding hydrogens is 1110 g/mol. The van der Waals surface area contributed by atoms with Crippen molar-refractivity contribution < 1.29 is 4.92 Å². The molecule has 0 unspecified atom stereocenters. The quantitative estimate of drug-likeness (QED) is 0.105. The van der Waals surface area contributed by atoms with Crippen molar-refractivity contribution in [3.8, 4) is 90.8 Å². The third-order valence-electron chi connectivity index (χ3n) is 16.6. The van der Waals surface area contributed by atoms with Gasteiger partial charge in [-0.1, -0.05) is 200 Å². The van der Waals surface area contributed by atoms with Gasteiger partial charge in [0.1, 0.15) is 0 Å². The number of aromatic amines is 1. The minimum absolute atomic E-state index is 0.0883. The first-order valence-corrected chi connectivity index (χ1v) is 29.6. The average molecular weight is 1160 g/mol. The van der Waals surface area contributed by atoms with Gasteiger partial charge in [-0.25, -0.2) is 29.9 Å². The van der Waals surface area contributed by atoms with Crippen LogP contribution in [0.2, 0.25) is 0 Å². The van der Waals surface area contributed by atoms with Crippen molar-refractivity contribution in [2.45, 2.75) is 0 Å². The smallest absolute Gasteiger partial charge is 0.277 e. The number of hydrogen-bond acceptors (Lipinski definition) is 8. The third kappa shape index (κ3) is 9.54. The second kappa shape index (κ2) is 22.4. The van der Waals surface area contributed by atoms with Crippen molar-refractivity contribution in [3.05, 3.63) is 307 Å². The molecule has 5 aromatic heterocycles. The highest BCUT2D eigenvalue weighted by Crippen LogP contribution is 2.41. The van der Waals surface area contributed by atoms with Gasteiger partial charge in [-0.3, -0.25) is 10.1 Å². The average Bonchev–Trinajstić information content (AvgIpc) is 1.61. The molecule has 90 heavy (non-hydrogen) atoms. The van der Waals surface area contributed by atoms with Gasteiger partial charge in [-0.15, -0.1) is 0 Å². The van der Waals surface area contributed by atoms with Crippen molar-refractivity contribution >= 4 is 71.1 Å². The Balaban J connectivity index is 0.000000144. The minimum atomic E-state index is -0.331. The Labute approximate surface area is 515 Å². The summed E-state index contributed by atoms with van der Waals surface area (Å²) >= 11 is 0. The van der Waals surface area contributed by atoms with Crippen LogP contribution in [0.4, 0.5) is 5.69 Å². The summed E-state index contributed by atoms with van der Waals surface area (Å²) in [5, 5.41) is 18.8. The summed E-state index contributed by atoms with van der Waals surface area (Å²) < 4.78 is 4.56. The molecule has 0 aliphatic carbocycles. The van der Waals surface area contributed by atoms with E-state index < -0.39 is 0 Å². The maximum atomic E-state index is 11.8. The second-order valence-electron chi connectivity index (χ2n) is 21.9. The van der Waals surface area contributed by atoms with Gasteiger partial charge in [0.15, 0.2) is 34.9 Å². The van der Waals surface area contributed by atoms with Gasteiger partial charge in [0.05, 0.1) is 38.1 Å². The Hall–Kier alpha value is -12.5. The lowest BCUT2D eigenvalue weighted by Gasteiger charge is -2.11. The fourth-order valence-electron chi connectivity index (χ4n) is 12.3. The van der Waals surface area contributed by atoms with Gasteiger partial charge in [0, 0.05) is 88.7 Å². The largest absolute Gasteiger partial charge is 0.354 e. The van der Waals surface area contributed by atoms with Crippen LogP contribution in [0.15, 0.2) is 297 Å². The van der Waals surface area contributed by atoms with Gasteiger partial charge in [-0.2, -0.15) is 0 Å². The van der Waals surface area contributed by atoms with Crippen LogP contribution < -0.4 is 0 Å². The van der Waals surface area contributed by atoms with E-state index in [2.05, 4.69) is 123 Å². The van der Waals surface area contributed by atoms with Crippen LogP contribution in [0.25, 0.3) is 156 Å². The number of benzene rings is 12. The number of nitrogens with zero attached hydrogens (tertiary/aromatic N) is 9. The lowest BCUT2D eigenvalue weighted by atomic mass is 10.0. The van der Waals surface area contributed by atoms with E-state index in [0.29, 0.717) is 40.5 Å². The summed E-state index contributed by atoms with van der Waals surface area (Å²) in [7, 11) is 0. The van der Waals surface area contributed by atoms with E-state index in [1.54, 1.807) is 18.2 Å². The molecule has 0 aliphatic rings. The highest BCUT2D eigenvalue weighted by Gasteiger charge is 2.21. The van der Waals surface area contributed by atoms with E-state index in [0.717, 1.165) is 83.2 Å². The first-order valence-electron chi connectivity index (χ1n) is 29.6. The zero-order valence-electron chi connectivity index (χ0n) is 48.1. The molecule has 0 saturated carbocycles. The van der Waals surface area contributed by atoms with E-state index in [-0.39, 0.29) is 10.6 Å². The predicted molar refractivity (Wildman–Crippen MR) is 362 cm³/mol. The predicted octanol–water partition coefficient (Wildman–Crippen LogP) is 19.1. The van der Waals surface area contributed by atoms with Gasteiger partial charge >= 0.3 is 0 Å². The Kier molecular flexibility index (Phi) is 13.2. The summed E-state index contributed by atoms with van der Waals surface area (Å²) in [6.45, 7) is 0. The number of hydrogen-bond donors (Lipinski definition) is 1. The molecule has 0 spiro atoms. The van der Waals surface area contributed by atoms with Crippen LogP contribution in [0.5, 0.6) is 0 Å². The molecule has 5 heterocycles. The summed E-state index contributed by atoms with van der Waals surface area (Å²) in [5.74, 6) is 3.78. The van der Waals surface area contributed by atoms with Crippen LogP contribution >= 0.6 is 0 Å². The summed E-state index contributed by atoms with van der Waals surface area (Å²) in [6.07, 6.45) is 0. The molecule has 0 atom stereocenters. The molecule has 17 rings (SSSR count). The molecule has 0 aliphatic heterocycles. The van der Waals surface area contributed by atoms with Crippen LogP contribution in [0.1, 0.15) is 0 Å². The van der Waals surface area contributed by atoms with Gasteiger partial charge < -0.3 is 14.1 Å². The molecule has 12 nitrogen and oxygen atoms in total. The topological polar surface area (TPSA) is 146 Å². The number of nitrogens with one attached hydrogen (secondary N) is 1. The molecule has 17 aromatic rings. The lowest BCUT2D eigenvalue weighted by Crippen LogP contribution is -2.00. The zero-order chi connectivity index (χ0) is 60.1. The molecule has 424 valence electrons. The van der Waals surface area contributed by atoms with Crippen molar-refractivity contribution in [2.24, 2.45) is 0 Å². The maximum Gasteiger partial charge on any atom is 0.277 e. The minimum Gasteiger partial charge on any atom is -0.354 e. The number of rotatable bonds is 10. The van der Waals surface area contributed by atoms with Crippen molar-refractivity contribution in [1.82, 2.24) is 44.0 Å². The second-order valence-corrected chi connectivity index (χ2v) is 21.9. The van der Waals surface area contributed by atoms with Gasteiger partial charge in [0.2, 0.25) is 0 Å². The van der Waals surface area contributed by atoms with Crippen LogP contribution in [-0.2, 0) is 0 Å². The van der Waals surface area contributed by atoms with E-state index in [4.69, 9.17) is 29.9 Å². The van der Waals surface area contributed by atoms with Gasteiger partial charge in [0.25, 0.3) is 5.69 Å². The third-order valence-corrected chi connectivity index (χ3v) is 16.6. The SMILES string of the molecule is O=[N+]([O-])c1ccccc1-c1ccc2c(c1)c1ccccc1n2-c1ccc(-c2nc(-c3ccccc3)nc(-c3ccccc3)n2)cc1.c1ccc(-c2nc(-c3ccccc3)nc(-c3ccc(-n4c5ccccc5c5c6[nH]c7ccccc7c6ccc54)cc3)n2)cc1. The molecular formula is C78H50N10O2. The number of H-pyrrole nitrogens is 1. The first-order chi connectivity index (χ1) is 44.5. The maximum absolute atomic E-state index is 11.8. The summed E-state index contributed by atoms with van der Waals surface area (Å²) in [4.78, 5) is 44.4. The molecule has 1 N–H and O–H groups in total. The molecule has 0 amide bonds. The molecule has 12 aromatic carbocycles. The lowest BCUT2D eigenvalue weighted by molar-refractivity contribution is -0.384. The molecule has 0 radical (unpaired) electrons. The number of fused-ring (bicyclic) bond motifs is 10. The molecule has 12 heteroatoms.